The molecule has 1 aliphatic rings. The molecule has 0 saturated carbocycles. The van der Waals surface area contributed by atoms with E-state index < -0.39 is 5.60 Å². The van der Waals surface area contributed by atoms with Gasteiger partial charge in [-0.25, -0.2) is 0 Å². The molecule has 0 spiro atoms. The molecule has 0 aliphatic carbocycles. The summed E-state index contributed by atoms with van der Waals surface area (Å²) in [6.07, 6.45) is 0.555. The Morgan fingerprint density at radius 2 is 2.19 bits per heavy atom. The lowest BCUT2D eigenvalue weighted by Crippen LogP contribution is -2.43. The third-order valence-corrected chi connectivity index (χ3v) is 3.66. The van der Waals surface area contributed by atoms with Gasteiger partial charge in [0.25, 0.3) is 5.91 Å². The van der Waals surface area contributed by atoms with Crippen molar-refractivity contribution in [2.75, 3.05) is 40.8 Å². The molecule has 1 amide bonds. The second-order valence-corrected chi connectivity index (χ2v) is 5.83. The Hall–Kier alpha value is -1.79. The molecule has 21 heavy (non-hydrogen) atoms. The van der Waals surface area contributed by atoms with Crippen LogP contribution in [0, 0.1) is 0 Å². The minimum atomic E-state index is -0.867. The number of carbonyl (C=O) groups is 1. The Morgan fingerprint density at radius 1 is 1.48 bits per heavy atom. The van der Waals surface area contributed by atoms with Gasteiger partial charge in [-0.1, -0.05) is 0 Å². The number of ether oxygens (including phenoxy) is 1. The third kappa shape index (κ3) is 3.46. The molecule has 6 nitrogen and oxygen atoms in total. The van der Waals surface area contributed by atoms with Gasteiger partial charge in [-0.15, -0.1) is 0 Å². The highest BCUT2D eigenvalue weighted by molar-refractivity contribution is 5.95. The molecule has 2 rings (SSSR count). The number of hydrogen-bond donors (Lipinski definition) is 2. The Labute approximate surface area is 124 Å². The predicted molar refractivity (Wildman–Crippen MR) is 78.7 cm³/mol. The van der Waals surface area contributed by atoms with Gasteiger partial charge in [-0.3, -0.25) is 4.79 Å². The Bertz CT molecular complexity index is 532. The molecular weight excluding hydrogens is 272 g/mol. The van der Waals surface area contributed by atoms with Gasteiger partial charge in [-0.05, 0) is 38.7 Å². The zero-order chi connectivity index (χ0) is 15.6. The summed E-state index contributed by atoms with van der Waals surface area (Å²) in [4.78, 5) is 15.9. The fourth-order valence-electron chi connectivity index (χ4n) is 2.75. The van der Waals surface area contributed by atoms with E-state index in [1.54, 1.807) is 17.0 Å². The van der Waals surface area contributed by atoms with Crippen LogP contribution < -0.4 is 4.74 Å². The predicted octanol–water partition coefficient (Wildman–Crippen LogP) is 0.539. The zero-order valence-electron chi connectivity index (χ0n) is 12.7. The first kappa shape index (κ1) is 15.6. The molecule has 1 fully saturated rings. The van der Waals surface area contributed by atoms with E-state index in [9.17, 15) is 15.0 Å². The lowest BCUT2D eigenvalue weighted by Gasteiger charge is -2.26. The number of likely N-dealkylation sites (N-methyl/N-ethyl adjacent to an activating group) is 1. The summed E-state index contributed by atoms with van der Waals surface area (Å²) in [5.41, 5.74) is -0.476. The molecule has 0 bridgehead atoms. The smallest absolute Gasteiger partial charge is 0.254 e. The van der Waals surface area contributed by atoms with Crippen LogP contribution >= 0.6 is 0 Å². The maximum atomic E-state index is 12.4. The maximum absolute atomic E-state index is 12.4. The van der Waals surface area contributed by atoms with E-state index in [2.05, 4.69) is 0 Å². The van der Waals surface area contributed by atoms with Crippen LogP contribution in [0.4, 0.5) is 0 Å². The largest absolute Gasteiger partial charge is 0.504 e. The number of methoxy groups -OCH3 is 1. The van der Waals surface area contributed by atoms with E-state index in [1.165, 1.54) is 13.2 Å². The molecule has 2 N–H and O–H groups in total. The number of aliphatic hydroxyl groups is 1. The Morgan fingerprint density at radius 3 is 2.76 bits per heavy atom. The average Bonchev–Trinajstić information content (AvgIpc) is 2.79. The van der Waals surface area contributed by atoms with Crippen LogP contribution in [0.2, 0.25) is 0 Å². The minimum Gasteiger partial charge on any atom is -0.504 e. The lowest BCUT2D eigenvalue weighted by atomic mass is 10.0. The van der Waals surface area contributed by atoms with E-state index in [4.69, 9.17) is 4.74 Å². The van der Waals surface area contributed by atoms with Crippen LogP contribution in [0.1, 0.15) is 16.8 Å². The number of nitrogens with zero attached hydrogens (tertiary/aromatic N) is 2. The fourth-order valence-corrected chi connectivity index (χ4v) is 2.75. The number of aromatic hydroxyl groups is 1. The maximum Gasteiger partial charge on any atom is 0.254 e. The molecule has 6 heteroatoms. The average molecular weight is 294 g/mol. The lowest BCUT2D eigenvalue weighted by molar-refractivity contribution is 0.0236. The highest BCUT2D eigenvalue weighted by atomic mass is 16.5. The first-order chi connectivity index (χ1) is 9.84. The van der Waals surface area contributed by atoms with Crippen LogP contribution in [-0.4, -0.2) is 72.4 Å². The molecule has 1 atom stereocenters. The van der Waals surface area contributed by atoms with Gasteiger partial charge in [0.15, 0.2) is 11.5 Å². The van der Waals surface area contributed by atoms with Crippen molar-refractivity contribution >= 4 is 5.91 Å². The van der Waals surface area contributed by atoms with Gasteiger partial charge in [-0.2, -0.15) is 0 Å². The van der Waals surface area contributed by atoms with Crippen molar-refractivity contribution in [3.63, 3.8) is 0 Å². The molecule has 116 valence electrons. The van der Waals surface area contributed by atoms with Crippen molar-refractivity contribution in [1.29, 1.82) is 0 Å². The van der Waals surface area contributed by atoms with E-state index >= 15 is 0 Å². The molecule has 1 heterocycles. The number of benzene rings is 1. The number of phenolic OH excluding ortho intramolecular Hbond substituents is 1. The topological polar surface area (TPSA) is 73.2 Å². The minimum absolute atomic E-state index is 0.0638. The molecular formula is C15H22N2O4. The summed E-state index contributed by atoms with van der Waals surface area (Å²) >= 11 is 0. The number of amides is 1. The van der Waals surface area contributed by atoms with Crippen LogP contribution in [0.15, 0.2) is 18.2 Å². The molecule has 1 aliphatic heterocycles. The van der Waals surface area contributed by atoms with Crippen molar-refractivity contribution in [3.05, 3.63) is 23.8 Å². The number of rotatable bonds is 4. The molecule has 0 aromatic heterocycles. The van der Waals surface area contributed by atoms with Gasteiger partial charge in [0, 0.05) is 18.7 Å². The van der Waals surface area contributed by atoms with E-state index in [1.807, 2.05) is 19.0 Å². The molecule has 1 saturated heterocycles. The highest BCUT2D eigenvalue weighted by Gasteiger charge is 2.38. The number of phenols is 1. The second kappa shape index (κ2) is 5.91. The quantitative estimate of drug-likeness (QED) is 0.848. The highest BCUT2D eigenvalue weighted by Crippen LogP contribution is 2.28. The Kier molecular flexibility index (Phi) is 4.39. The molecule has 1 unspecified atom stereocenters. The van der Waals surface area contributed by atoms with Crippen molar-refractivity contribution in [1.82, 2.24) is 9.80 Å². The number of likely N-dealkylation sites (tertiary alicyclic amines) is 1. The van der Waals surface area contributed by atoms with Crippen molar-refractivity contribution in [2.24, 2.45) is 0 Å². The van der Waals surface area contributed by atoms with Gasteiger partial charge >= 0.3 is 0 Å². The van der Waals surface area contributed by atoms with Crippen LogP contribution in [0.5, 0.6) is 11.5 Å². The summed E-state index contributed by atoms with van der Waals surface area (Å²) in [5.74, 6) is 0.0748. The summed E-state index contributed by atoms with van der Waals surface area (Å²) in [6, 6.07) is 4.57. The fraction of sp³-hybridized carbons (Fsp3) is 0.533. The van der Waals surface area contributed by atoms with Gasteiger partial charge < -0.3 is 24.7 Å². The van der Waals surface area contributed by atoms with E-state index in [-0.39, 0.29) is 11.7 Å². The normalized spacial score (nSPS) is 21.9. The van der Waals surface area contributed by atoms with Crippen molar-refractivity contribution < 1.29 is 19.7 Å². The van der Waals surface area contributed by atoms with Crippen molar-refractivity contribution in [3.8, 4) is 11.5 Å². The SMILES string of the molecule is COc1ccc(C(=O)N2CCC(O)(CN(C)C)C2)cc1O. The standard InChI is InChI=1S/C15H22N2O4/c1-16(2)9-15(20)6-7-17(10-15)14(19)11-4-5-13(21-3)12(18)8-11/h4-5,8,18,20H,6-7,9-10H2,1-3H3. The number of hydrogen-bond acceptors (Lipinski definition) is 5. The molecule has 1 aromatic rings. The van der Waals surface area contributed by atoms with Crippen LogP contribution in [0.25, 0.3) is 0 Å². The van der Waals surface area contributed by atoms with E-state index in [0.717, 1.165) is 0 Å². The first-order valence-electron chi connectivity index (χ1n) is 6.88. The van der Waals surface area contributed by atoms with Crippen molar-refractivity contribution in [2.45, 2.75) is 12.0 Å². The monoisotopic (exact) mass is 294 g/mol. The second-order valence-electron chi connectivity index (χ2n) is 5.83. The Balaban J connectivity index is 2.09. The van der Waals surface area contributed by atoms with E-state index in [0.29, 0.717) is 37.4 Å². The van der Waals surface area contributed by atoms with Crippen LogP contribution in [0.3, 0.4) is 0 Å². The van der Waals surface area contributed by atoms with Gasteiger partial charge in [0.1, 0.15) is 0 Å². The summed E-state index contributed by atoms with van der Waals surface area (Å²) in [6.45, 7) is 1.33. The summed E-state index contributed by atoms with van der Waals surface area (Å²) in [5, 5.41) is 20.2. The zero-order valence-corrected chi connectivity index (χ0v) is 12.7. The third-order valence-electron chi connectivity index (χ3n) is 3.66. The number of β-amino-alcohol motifs (C(OH)–C–C–N with tert-alkyl or cyclic N) is 1. The van der Waals surface area contributed by atoms with Crippen LogP contribution in [-0.2, 0) is 0 Å². The molecule has 1 aromatic carbocycles. The van der Waals surface area contributed by atoms with Gasteiger partial charge in [0.05, 0.1) is 19.3 Å². The number of carbonyl (C=O) groups excluding carboxylic acids is 1. The summed E-state index contributed by atoms with van der Waals surface area (Å²) < 4.78 is 4.96. The molecule has 0 radical (unpaired) electrons. The first-order valence-corrected chi connectivity index (χ1v) is 6.88. The van der Waals surface area contributed by atoms with Gasteiger partial charge in [0.2, 0.25) is 0 Å². The summed E-state index contributed by atoms with van der Waals surface area (Å²) in [7, 11) is 5.24.